The summed E-state index contributed by atoms with van der Waals surface area (Å²) in [7, 11) is 0. The fourth-order valence-electron chi connectivity index (χ4n) is 8.80. The van der Waals surface area contributed by atoms with Crippen molar-refractivity contribution >= 4 is 74.9 Å². The monoisotopic (exact) mass is 730 g/mol. The highest BCUT2D eigenvalue weighted by Crippen LogP contribution is 2.49. The van der Waals surface area contributed by atoms with Crippen LogP contribution < -0.4 is 0 Å². The Morgan fingerprint density at radius 1 is 0.339 bits per heavy atom. The molecule has 0 saturated heterocycles. The molecule has 56 heavy (non-hydrogen) atoms. The van der Waals surface area contributed by atoms with E-state index in [-0.39, 0.29) is 0 Å². The highest BCUT2D eigenvalue weighted by Gasteiger charge is 2.23. The minimum Gasteiger partial charge on any atom is -0.309 e. The molecule has 12 rings (SSSR count). The number of nitrogens with zero attached hydrogens (tertiary/aromatic N) is 4. The maximum absolute atomic E-state index is 5.03. The first-order chi connectivity index (χ1) is 27.8. The van der Waals surface area contributed by atoms with E-state index in [0.717, 1.165) is 16.7 Å². The molecule has 0 saturated carbocycles. The summed E-state index contributed by atoms with van der Waals surface area (Å²) < 4.78 is 4.89. The van der Waals surface area contributed by atoms with Crippen molar-refractivity contribution in [2.24, 2.45) is 0 Å². The van der Waals surface area contributed by atoms with E-state index in [4.69, 9.17) is 15.0 Å². The second kappa shape index (κ2) is 12.2. The molecule has 3 aromatic heterocycles. The van der Waals surface area contributed by atoms with Crippen LogP contribution in [0.3, 0.4) is 0 Å². The van der Waals surface area contributed by atoms with Gasteiger partial charge in [-0.05, 0) is 63.7 Å². The zero-order valence-electron chi connectivity index (χ0n) is 30.0. The first-order valence-electron chi connectivity index (χ1n) is 18.9. The molecule has 0 aliphatic heterocycles. The van der Waals surface area contributed by atoms with E-state index >= 15 is 0 Å². The number of para-hydroxylation sites is 1. The van der Waals surface area contributed by atoms with Crippen LogP contribution in [0.4, 0.5) is 0 Å². The first kappa shape index (κ1) is 31.2. The van der Waals surface area contributed by atoms with Gasteiger partial charge in [0.15, 0.2) is 17.5 Å². The molecule has 3 heterocycles. The molecule has 9 aromatic carbocycles. The minimum absolute atomic E-state index is 0.661. The molecular formula is C51H30N4S. The smallest absolute Gasteiger partial charge is 0.164 e. The molecule has 0 bridgehead atoms. The summed E-state index contributed by atoms with van der Waals surface area (Å²) in [4.78, 5) is 15.0. The second-order valence-corrected chi connectivity index (χ2v) is 15.4. The van der Waals surface area contributed by atoms with Crippen LogP contribution in [0, 0.1) is 0 Å². The van der Waals surface area contributed by atoms with Gasteiger partial charge in [-0.2, -0.15) is 0 Å². The van der Waals surface area contributed by atoms with Crippen molar-refractivity contribution in [2.75, 3.05) is 0 Å². The number of thiophene rings is 1. The largest absolute Gasteiger partial charge is 0.309 e. The van der Waals surface area contributed by atoms with Crippen LogP contribution in [-0.2, 0) is 0 Å². The third kappa shape index (κ3) is 4.62. The summed E-state index contributed by atoms with van der Waals surface area (Å²) in [5.74, 6) is 1.98. The average Bonchev–Trinajstić information content (AvgIpc) is 3.83. The SMILES string of the molecule is c1ccc(-c2nc(-c3ccccc3)nc(-c3ccc4c(c3)sc3cccc(-c5ccc6c7c5c5ccccc5c5cccc(c57)n6-c5ccccc5)c34)n2)cc1. The number of aromatic nitrogens is 4. The van der Waals surface area contributed by atoms with Gasteiger partial charge in [0, 0.05) is 58.7 Å². The van der Waals surface area contributed by atoms with Crippen molar-refractivity contribution in [3.8, 4) is 51.0 Å². The third-order valence-corrected chi connectivity index (χ3v) is 12.3. The normalized spacial score (nSPS) is 11.9. The first-order valence-corrected chi connectivity index (χ1v) is 19.7. The summed E-state index contributed by atoms with van der Waals surface area (Å²) >= 11 is 1.82. The van der Waals surface area contributed by atoms with Crippen molar-refractivity contribution in [1.29, 1.82) is 0 Å². The molecule has 260 valence electrons. The van der Waals surface area contributed by atoms with Gasteiger partial charge in [0.05, 0.1) is 11.0 Å². The van der Waals surface area contributed by atoms with E-state index < -0.39 is 0 Å². The summed E-state index contributed by atoms with van der Waals surface area (Å²) in [6, 6.07) is 64.9. The lowest BCUT2D eigenvalue weighted by Crippen LogP contribution is -1.99. The van der Waals surface area contributed by atoms with Crippen molar-refractivity contribution in [1.82, 2.24) is 19.5 Å². The molecule has 12 aromatic rings. The summed E-state index contributed by atoms with van der Waals surface area (Å²) in [6.45, 7) is 0. The number of rotatable bonds is 5. The summed E-state index contributed by atoms with van der Waals surface area (Å²) in [5.41, 5.74) is 9.00. The Kier molecular flexibility index (Phi) is 6.76. The van der Waals surface area contributed by atoms with Crippen LogP contribution in [0.2, 0.25) is 0 Å². The van der Waals surface area contributed by atoms with Gasteiger partial charge in [-0.3, -0.25) is 0 Å². The quantitative estimate of drug-likeness (QED) is 0.166. The predicted molar refractivity (Wildman–Crippen MR) is 235 cm³/mol. The van der Waals surface area contributed by atoms with Gasteiger partial charge in [-0.15, -0.1) is 11.3 Å². The van der Waals surface area contributed by atoms with Crippen molar-refractivity contribution in [2.45, 2.75) is 0 Å². The summed E-state index contributed by atoms with van der Waals surface area (Å²) in [6.07, 6.45) is 0. The van der Waals surface area contributed by atoms with Crippen molar-refractivity contribution in [3.63, 3.8) is 0 Å². The lowest BCUT2D eigenvalue weighted by atomic mass is 9.88. The van der Waals surface area contributed by atoms with Gasteiger partial charge in [-0.25, -0.2) is 15.0 Å². The molecule has 0 N–H and O–H groups in total. The fraction of sp³-hybridized carbons (Fsp3) is 0. The standard InChI is InChI=1S/C51H30N4S/c1-4-14-31(15-5-1)49-52-50(32-16-6-2-7-17-32)54-51(53-49)33-26-27-40-44(30-33)56-43-25-13-23-38(45(40)43)39-28-29-42-48-46(39)36-21-11-10-20-35(36)37-22-12-24-41(47(37)48)55(42)34-18-8-3-9-19-34/h1-30H. The predicted octanol–water partition coefficient (Wildman–Crippen LogP) is 13.7. The summed E-state index contributed by atoms with van der Waals surface area (Å²) in [5, 5.41) is 10.3. The Hall–Kier alpha value is -7.21. The third-order valence-electron chi connectivity index (χ3n) is 11.2. The lowest BCUT2D eigenvalue weighted by Gasteiger charge is -2.14. The highest BCUT2D eigenvalue weighted by atomic mass is 32.1. The van der Waals surface area contributed by atoms with E-state index in [1.54, 1.807) is 0 Å². The molecule has 0 aliphatic rings. The van der Waals surface area contributed by atoms with Gasteiger partial charge in [0.25, 0.3) is 0 Å². The Balaban J connectivity index is 1.10. The number of fused-ring (bicyclic) bond motifs is 6. The Labute approximate surface area is 326 Å². The van der Waals surface area contributed by atoms with Crippen LogP contribution in [0.15, 0.2) is 182 Å². The van der Waals surface area contributed by atoms with Gasteiger partial charge >= 0.3 is 0 Å². The molecule has 4 nitrogen and oxygen atoms in total. The number of benzene rings is 9. The maximum Gasteiger partial charge on any atom is 0.164 e. The van der Waals surface area contributed by atoms with Crippen molar-refractivity contribution in [3.05, 3.63) is 182 Å². The number of hydrogen-bond acceptors (Lipinski definition) is 4. The molecule has 0 amide bonds. The highest BCUT2D eigenvalue weighted by molar-refractivity contribution is 7.26. The van der Waals surface area contributed by atoms with Crippen molar-refractivity contribution < 1.29 is 0 Å². The van der Waals surface area contributed by atoms with E-state index in [1.807, 2.05) is 72.0 Å². The van der Waals surface area contributed by atoms with Crippen LogP contribution >= 0.6 is 11.3 Å². The minimum atomic E-state index is 0.661. The zero-order valence-corrected chi connectivity index (χ0v) is 30.8. The van der Waals surface area contributed by atoms with Crippen LogP contribution in [0.5, 0.6) is 0 Å². The lowest BCUT2D eigenvalue weighted by molar-refractivity contribution is 1.07. The molecule has 0 spiro atoms. The van der Waals surface area contributed by atoms with E-state index in [0.29, 0.717) is 17.5 Å². The Morgan fingerprint density at radius 3 is 1.64 bits per heavy atom. The van der Waals surface area contributed by atoms with Crippen LogP contribution in [-0.4, -0.2) is 19.5 Å². The van der Waals surface area contributed by atoms with E-state index in [1.165, 1.54) is 80.3 Å². The van der Waals surface area contributed by atoms with E-state index in [2.05, 4.69) is 126 Å². The molecule has 0 unspecified atom stereocenters. The average molecular weight is 731 g/mol. The molecule has 5 heteroatoms. The number of hydrogen-bond donors (Lipinski definition) is 0. The molecule has 0 atom stereocenters. The van der Waals surface area contributed by atoms with Crippen LogP contribution in [0.1, 0.15) is 0 Å². The van der Waals surface area contributed by atoms with Crippen LogP contribution in [0.25, 0.3) is 115 Å². The fourth-order valence-corrected chi connectivity index (χ4v) is 9.97. The van der Waals surface area contributed by atoms with Gasteiger partial charge < -0.3 is 4.57 Å². The topological polar surface area (TPSA) is 43.6 Å². The molecule has 0 radical (unpaired) electrons. The molecule has 0 fully saturated rings. The van der Waals surface area contributed by atoms with Gasteiger partial charge in [0.2, 0.25) is 0 Å². The molecule has 0 aliphatic carbocycles. The second-order valence-electron chi connectivity index (χ2n) is 14.3. The Morgan fingerprint density at radius 2 is 0.911 bits per heavy atom. The Bertz CT molecular complexity index is 3400. The van der Waals surface area contributed by atoms with Gasteiger partial charge in [-0.1, -0.05) is 146 Å². The van der Waals surface area contributed by atoms with Gasteiger partial charge in [0.1, 0.15) is 0 Å². The zero-order chi connectivity index (χ0) is 36.7. The van der Waals surface area contributed by atoms with E-state index in [9.17, 15) is 0 Å². The maximum atomic E-state index is 5.03. The molecular weight excluding hydrogens is 701 g/mol.